The molecule has 1 amide bonds. The summed E-state index contributed by atoms with van der Waals surface area (Å²) in [5.74, 6) is 0.591. The number of amides is 1. The lowest BCUT2D eigenvalue weighted by Gasteiger charge is -2.36. The minimum Gasteiger partial charge on any atom is -0.261 e. The molecule has 0 radical (unpaired) electrons. The Labute approximate surface area is 311 Å². The van der Waals surface area contributed by atoms with E-state index in [2.05, 4.69) is 39.8 Å². The first-order valence-electron chi connectivity index (χ1n) is 23.2. The molecule has 0 aliphatic rings. The van der Waals surface area contributed by atoms with Crippen LogP contribution in [0.15, 0.2) is 12.2 Å². The van der Waals surface area contributed by atoms with Crippen molar-refractivity contribution in [3.63, 3.8) is 0 Å². The molecule has 2 nitrogen and oxygen atoms in total. The first-order chi connectivity index (χ1) is 24.2. The molecule has 0 rings (SSSR count). The maximum Gasteiger partial charge on any atom is 0.313 e. The largest absolute Gasteiger partial charge is 0.313 e. The van der Waals surface area contributed by atoms with Gasteiger partial charge in [0, 0.05) is 0 Å². The minimum absolute atomic E-state index is 0.591. The number of allylic oxidation sites excluding steroid dienone is 2. The van der Waals surface area contributed by atoms with Crippen molar-refractivity contribution in [1.82, 2.24) is 0 Å². The van der Waals surface area contributed by atoms with Crippen LogP contribution in [0, 0.1) is 0 Å². The van der Waals surface area contributed by atoms with Crippen LogP contribution in [0.1, 0.15) is 265 Å². The number of hydrogen-bond acceptors (Lipinski definition) is 1. The van der Waals surface area contributed by atoms with E-state index in [0.29, 0.717) is 5.91 Å². The molecule has 0 spiro atoms. The smallest absolute Gasteiger partial charge is 0.261 e. The Morgan fingerprint density at radius 3 is 0.939 bits per heavy atom. The fraction of sp³-hybridized carbons (Fsp3) is 0.936. The van der Waals surface area contributed by atoms with Gasteiger partial charge >= 0.3 is 5.91 Å². The molecule has 0 N–H and O–H groups in total. The van der Waals surface area contributed by atoms with Gasteiger partial charge in [-0.3, -0.25) is 4.48 Å². The Balaban J connectivity index is 4.58. The second-order valence-electron chi connectivity index (χ2n) is 16.1. The zero-order chi connectivity index (χ0) is 35.8. The van der Waals surface area contributed by atoms with Gasteiger partial charge in [0.05, 0.1) is 26.1 Å². The van der Waals surface area contributed by atoms with E-state index >= 15 is 0 Å². The first-order valence-corrected chi connectivity index (χ1v) is 23.2. The summed E-state index contributed by atoms with van der Waals surface area (Å²) in [4.78, 5) is 14.1. The van der Waals surface area contributed by atoms with E-state index in [1.807, 2.05) is 0 Å². The maximum atomic E-state index is 14.1. The standard InChI is InChI=1S/C47H94NO/c1-5-9-13-16-19-22-24-26-27-28-29-31-34-37-40-43-47(49)48(44-12-8-4,45-41-38-35-32-21-18-15-11-7-3)46-42-39-36-33-30-25-23-20-17-14-10-6-2/h26-27H,5-25,28-46H2,1-4H3/q+1. The van der Waals surface area contributed by atoms with Crippen LogP contribution in [-0.4, -0.2) is 30.0 Å². The lowest BCUT2D eigenvalue weighted by atomic mass is 10.0. The number of unbranched alkanes of at least 4 members (excludes halogenated alkanes) is 31. The highest BCUT2D eigenvalue weighted by Gasteiger charge is 2.34. The second-order valence-corrected chi connectivity index (χ2v) is 16.1. The summed E-state index contributed by atoms with van der Waals surface area (Å²) in [6, 6.07) is 0. The lowest BCUT2D eigenvalue weighted by molar-refractivity contribution is -0.856. The van der Waals surface area contributed by atoms with E-state index in [9.17, 15) is 4.79 Å². The molecule has 0 heterocycles. The van der Waals surface area contributed by atoms with Gasteiger partial charge < -0.3 is 0 Å². The number of rotatable bonds is 41. The molecule has 1 unspecified atom stereocenters. The van der Waals surface area contributed by atoms with Gasteiger partial charge in [0.2, 0.25) is 0 Å². The Bertz CT molecular complexity index is 671. The van der Waals surface area contributed by atoms with Gasteiger partial charge in [-0.2, -0.15) is 0 Å². The van der Waals surface area contributed by atoms with E-state index in [1.165, 1.54) is 225 Å². The highest BCUT2D eigenvalue weighted by molar-refractivity contribution is 5.69. The number of carbonyl (C=O) groups excluding carboxylic acids is 1. The number of nitrogens with zero attached hydrogens (tertiary/aromatic N) is 1. The predicted molar refractivity (Wildman–Crippen MR) is 223 cm³/mol. The fourth-order valence-electron chi connectivity index (χ4n) is 7.74. The van der Waals surface area contributed by atoms with Gasteiger partial charge in [0.25, 0.3) is 0 Å². The number of carbonyl (C=O) groups is 1. The zero-order valence-corrected chi connectivity index (χ0v) is 34.8. The summed E-state index contributed by atoms with van der Waals surface area (Å²) in [5, 5.41) is 0. The van der Waals surface area contributed by atoms with Gasteiger partial charge in [-0.25, -0.2) is 4.79 Å². The van der Waals surface area contributed by atoms with Crippen molar-refractivity contribution >= 4 is 5.91 Å². The molecule has 49 heavy (non-hydrogen) atoms. The molecule has 0 bridgehead atoms. The van der Waals surface area contributed by atoms with Gasteiger partial charge in [0.15, 0.2) is 0 Å². The van der Waals surface area contributed by atoms with Crippen LogP contribution in [0.2, 0.25) is 0 Å². The average molecular weight is 689 g/mol. The monoisotopic (exact) mass is 689 g/mol. The van der Waals surface area contributed by atoms with Crippen LogP contribution in [0.25, 0.3) is 0 Å². The molecule has 2 heteroatoms. The van der Waals surface area contributed by atoms with Crippen molar-refractivity contribution in [1.29, 1.82) is 0 Å². The van der Waals surface area contributed by atoms with Crippen LogP contribution in [0.3, 0.4) is 0 Å². The number of hydrogen-bond donors (Lipinski definition) is 0. The second kappa shape index (κ2) is 40.1. The molecule has 0 aromatic carbocycles. The Morgan fingerprint density at radius 2 is 0.592 bits per heavy atom. The summed E-state index contributed by atoms with van der Waals surface area (Å²) >= 11 is 0. The summed E-state index contributed by atoms with van der Waals surface area (Å²) in [5.41, 5.74) is 0. The molecule has 1 atom stereocenters. The van der Waals surface area contributed by atoms with Crippen LogP contribution < -0.4 is 0 Å². The molecule has 0 aliphatic carbocycles. The third-order valence-electron chi connectivity index (χ3n) is 11.3. The van der Waals surface area contributed by atoms with E-state index in [-0.39, 0.29) is 0 Å². The van der Waals surface area contributed by atoms with Gasteiger partial charge in [-0.05, 0) is 64.2 Å². The van der Waals surface area contributed by atoms with E-state index in [4.69, 9.17) is 0 Å². The van der Waals surface area contributed by atoms with Crippen LogP contribution in [0.4, 0.5) is 0 Å². The first kappa shape index (κ1) is 48.4. The van der Waals surface area contributed by atoms with E-state index in [0.717, 1.165) is 37.0 Å². The molecule has 292 valence electrons. The van der Waals surface area contributed by atoms with Crippen molar-refractivity contribution in [2.45, 2.75) is 265 Å². The van der Waals surface area contributed by atoms with E-state index < -0.39 is 0 Å². The van der Waals surface area contributed by atoms with Crippen LogP contribution in [0.5, 0.6) is 0 Å². The molecule has 0 aromatic heterocycles. The predicted octanol–water partition coefficient (Wildman–Crippen LogP) is 16.4. The molecular weight excluding hydrogens is 595 g/mol. The summed E-state index contributed by atoms with van der Waals surface area (Å²) in [6.07, 6.45) is 54.2. The van der Waals surface area contributed by atoms with Crippen molar-refractivity contribution in [3.8, 4) is 0 Å². The highest BCUT2D eigenvalue weighted by Crippen LogP contribution is 2.22. The van der Waals surface area contributed by atoms with Crippen molar-refractivity contribution in [2.75, 3.05) is 19.6 Å². The molecular formula is C47H94NO+. The van der Waals surface area contributed by atoms with E-state index in [1.54, 1.807) is 0 Å². The number of quaternary nitrogens is 1. The molecule has 0 fully saturated rings. The molecule has 0 aliphatic heterocycles. The topological polar surface area (TPSA) is 17.1 Å². The fourth-order valence-corrected chi connectivity index (χ4v) is 7.74. The summed E-state index contributed by atoms with van der Waals surface area (Å²) < 4.78 is 0.811. The molecule has 0 saturated carbocycles. The van der Waals surface area contributed by atoms with Crippen LogP contribution >= 0.6 is 0 Å². The van der Waals surface area contributed by atoms with Crippen molar-refractivity contribution in [3.05, 3.63) is 12.2 Å². The maximum absolute atomic E-state index is 14.1. The summed E-state index contributed by atoms with van der Waals surface area (Å²) in [6.45, 7) is 12.5. The van der Waals surface area contributed by atoms with Gasteiger partial charge in [-0.1, -0.05) is 207 Å². The third-order valence-corrected chi connectivity index (χ3v) is 11.3. The average Bonchev–Trinajstić information content (AvgIpc) is 3.11. The Kier molecular flexibility index (Phi) is 39.6. The zero-order valence-electron chi connectivity index (χ0n) is 34.8. The lowest BCUT2D eigenvalue weighted by Crippen LogP contribution is -2.54. The van der Waals surface area contributed by atoms with Crippen LogP contribution in [-0.2, 0) is 4.79 Å². The highest BCUT2D eigenvalue weighted by atomic mass is 16.2. The van der Waals surface area contributed by atoms with Crippen molar-refractivity contribution in [2.24, 2.45) is 0 Å². The normalized spacial score (nSPS) is 13.1. The van der Waals surface area contributed by atoms with Gasteiger partial charge in [-0.15, -0.1) is 0 Å². The Morgan fingerprint density at radius 1 is 0.327 bits per heavy atom. The quantitative estimate of drug-likeness (QED) is 0.0355. The van der Waals surface area contributed by atoms with Gasteiger partial charge in [0.1, 0.15) is 0 Å². The Hall–Kier alpha value is -0.630. The minimum atomic E-state index is 0.591. The van der Waals surface area contributed by atoms with Crippen molar-refractivity contribution < 1.29 is 9.28 Å². The molecule has 0 aromatic rings. The third kappa shape index (κ3) is 33.0. The molecule has 0 saturated heterocycles. The SMILES string of the molecule is CCCCCCCCC=CCCCCCCCC(=O)[N+](CCCC)(CCCCCCCCCCC)CCCCCCCCCCCCCC. The summed E-state index contributed by atoms with van der Waals surface area (Å²) in [7, 11) is 0.